The van der Waals surface area contributed by atoms with Gasteiger partial charge in [-0.05, 0) is 6.42 Å². The summed E-state index contributed by atoms with van der Waals surface area (Å²) >= 11 is 0. The van der Waals surface area contributed by atoms with E-state index in [-0.39, 0.29) is 12.2 Å². The zero-order valence-electron chi connectivity index (χ0n) is 15.2. The van der Waals surface area contributed by atoms with Crippen LogP contribution in [-0.2, 0) is 4.74 Å². The Hall–Kier alpha value is -1.64. The van der Waals surface area contributed by atoms with E-state index in [9.17, 15) is 18.7 Å². The van der Waals surface area contributed by atoms with Crippen molar-refractivity contribution in [1.82, 2.24) is 14.8 Å². The lowest BCUT2D eigenvalue weighted by Gasteiger charge is -2.52. The SMILES string of the molecule is CC1(C)CN(C(=O)c2ncc(F)cc2F)CCC1(O)CN1CCOCC1. The summed E-state index contributed by atoms with van der Waals surface area (Å²) in [4.78, 5) is 19.9. The van der Waals surface area contributed by atoms with Crippen LogP contribution in [0.1, 0.15) is 30.8 Å². The molecular formula is C18H25F2N3O3. The molecule has 2 aliphatic heterocycles. The summed E-state index contributed by atoms with van der Waals surface area (Å²) in [6.07, 6.45) is 1.21. The molecule has 3 heterocycles. The van der Waals surface area contributed by atoms with Crippen LogP contribution in [0.5, 0.6) is 0 Å². The molecule has 1 amide bonds. The van der Waals surface area contributed by atoms with Gasteiger partial charge in [0.2, 0.25) is 0 Å². The predicted molar refractivity (Wildman–Crippen MR) is 90.7 cm³/mol. The number of ether oxygens (including phenoxy) is 1. The van der Waals surface area contributed by atoms with E-state index in [1.807, 2.05) is 13.8 Å². The van der Waals surface area contributed by atoms with E-state index in [1.165, 1.54) is 4.90 Å². The number of halogens is 2. The summed E-state index contributed by atoms with van der Waals surface area (Å²) in [5, 5.41) is 11.3. The fraction of sp³-hybridized carbons (Fsp3) is 0.667. The number of amides is 1. The molecule has 1 unspecified atom stereocenters. The first kappa shape index (κ1) is 19.1. The largest absolute Gasteiger partial charge is 0.388 e. The Labute approximate surface area is 151 Å². The van der Waals surface area contributed by atoms with E-state index < -0.39 is 28.6 Å². The highest BCUT2D eigenvalue weighted by atomic mass is 19.1. The van der Waals surface area contributed by atoms with Gasteiger partial charge >= 0.3 is 0 Å². The summed E-state index contributed by atoms with van der Waals surface area (Å²) in [6, 6.07) is 0.657. The van der Waals surface area contributed by atoms with Crippen molar-refractivity contribution < 1.29 is 23.4 Å². The Bertz CT molecular complexity index is 680. The monoisotopic (exact) mass is 369 g/mol. The lowest BCUT2D eigenvalue weighted by Crippen LogP contribution is -2.63. The highest BCUT2D eigenvalue weighted by molar-refractivity contribution is 5.92. The number of aliphatic hydroxyl groups is 1. The minimum Gasteiger partial charge on any atom is -0.388 e. The van der Waals surface area contributed by atoms with Crippen molar-refractivity contribution in [2.45, 2.75) is 25.9 Å². The van der Waals surface area contributed by atoms with E-state index in [0.717, 1.165) is 19.3 Å². The van der Waals surface area contributed by atoms with Crippen LogP contribution in [0.25, 0.3) is 0 Å². The van der Waals surface area contributed by atoms with Gasteiger partial charge in [-0.25, -0.2) is 13.8 Å². The van der Waals surface area contributed by atoms with E-state index >= 15 is 0 Å². The van der Waals surface area contributed by atoms with Crippen molar-refractivity contribution in [2.75, 3.05) is 45.9 Å². The number of hydrogen-bond donors (Lipinski definition) is 1. The van der Waals surface area contributed by atoms with Crippen LogP contribution >= 0.6 is 0 Å². The van der Waals surface area contributed by atoms with Crippen LogP contribution in [-0.4, -0.2) is 77.3 Å². The zero-order chi connectivity index (χ0) is 18.9. The molecule has 2 aliphatic rings. The number of aromatic nitrogens is 1. The normalized spacial score (nSPS) is 26.7. The molecule has 0 aromatic carbocycles. The molecule has 0 aliphatic carbocycles. The number of hydrogen-bond acceptors (Lipinski definition) is 5. The van der Waals surface area contributed by atoms with Crippen molar-refractivity contribution >= 4 is 5.91 Å². The quantitative estimate of drug-likeness (QED) is 0.870. The number of piperidine rings is 1. The van der Waals surface area contributed by atoms with E-state index in [2.05, 4.69) is 9.88 Å². The minimum atomic E-state index is -0.970. The third-order valence-corrected chi connectivity index (χ3v) is 5.53. The van der Waals surface area contributed by atoms with Gasteiger partial charge in [-0.1, -0.05) is 13.8 Å². The molecule has 26 heavy (non-hydrogen) atoms. The molecule has 8 heteroatoms. The molecule has 1 aromatic heterocycles. The number of pyridine rings is 1. The van der Waals surface area contributed by atoms with Gasteiger partial charge in [0.1, 0.15) is 5.82 Å². The van der Waals surface area contributed by atoms with Crippen LogP contribution in [0.2, 0.25) is 0 Å². The zero-order valence-corrected chi connectivity index (χ0v) is 15.2. The first-order chi connectivity index (χ1) is 12.2. The summed E-state index contributed by atoms with van der Waals surface area (Å²) in [5.74, 6) is -2.37. The van der Waals surface area contributed by atoms with E-state index in [1.54, 1.807) is 0 Å². The fourth-order valence-corrected chi connectivity index (χ4v) is 3.68. The van der Waals surface area contributed by atoms with Gasteiger partial charge in [0.05, 0.1) is 25.0 Å². The number of nitrogens with zero attached hydrogens (tertiary/aromatic N) is 3. The molecule has 1 aromatic rings. The lowest BCUT2D eigenvalue weighted by molar-refractivity contribution is -0.133. The number of rotatable bonds is 3. The Morgan fingerprint density at radius 2 is 2.00 bits per heavy atom. The summed E-state index contributed by atoms with van der Waals surface area (Å²) < 4.78 is 32.3. The van der Waals surface area contributed by atoms with Crippen LogP contribution < -0.4 is 0 Å². The maximum absolute atomic E-state index is 13.9. The highest BCUT2D eigenvalue weighted by Gasteiger charge is 2.49. The molecule has 0 spiro atoms. The standard InChI is InChI=1S/C18H25F2N3O3/c1-17(2)11-23(16(24)15-14(20)9-13(19)10-21-15)4-3-18(17,25)12-22-5-7-26-8-6-22/h9-10,25H,3-8,11-12H2,1-2H3. The molecule has 0 radical (unpaired) electrons. The Balaban J connectivity index is 1.72. The van der Waals surface area contributed by atoms with Gasteiger partial charge in [-0.15, -0.1) is 0 Å². The number of carbonyl (C=O) groups is 1. The van der Waals surface area contributed by atoms with Gasteiger partial charge in [-0.3, -0.25) is 9.69 Å². The number of likely N-dealkylation sites (tertiary alicyclic amines) is 1. The first-order valence-electron chi connectivity index (χ1n) is 8.85. The average Bonchev–Trinajstić information content (AvgIpc) is 2.58. The summed E-state index contributed by atoms with van der Waals surface area (Å²) in [7, 11) is 0. The van der Waals surface area contributed by atoms with Gasteiger partial charge in [-0.2, -0.15) is 0 Å². The molecule has 0 saturated carbocycles. The summed E-state index contributed by atoms with van der Waals surface area (Å²) in [5.41, 5.74) is -1.94. The van der Waals surface area contributed by atoms with Crippen LogP contribution in [0, 0.1) is 17.0 Å². The fourth-order valence-electron chi connectivity index (χ4n) is 3.68. The average molecular weight is 369 g/mol. The molecule has 0 bridgehead atoms. The van der Waals surface area contributed by atoms with Crippen molar-refractivity contribution in [1.29, 1.82) is 0 Å². The van der Waals surface area contributed by atoms with Gasteiger partial charge < -0.3 is 14.7 Å². The maximum Gasteiger partial charge on any atom is 0.275 e. The van der Waals surface area contributed by atoms with E-state index in [0.29, 0.717) is 38.8 Å². The van der Waals surface area contributed by atoms with Gasteiger partial charge in [0, 0.05) is 44.2 Å². The van der Waals surface area contributed by atoms with Gasteiger partial charge in [0.25, 0.3) is 5.91 Å². The second-order valence-corrected chi connectivity index (χ2v) is 7.76. The number of β-amino-alcohol motifs (C(OH)–C–C–N with tert-alkyl or cyclic N) is 1. The first-order valence-corrected chi connectivity index (χ1v) is 8.85. The van der Waals surface area contributed by atoms with Crippen molar-refractivity contribution in [3.05, 3.63) is 29.6 Å². The molecule has 2 fully saturated rings. The maximum atomic E-state index is 13.9. The second kappa shape index (κ2) is 7.17. The molecule has 144 valence electrons. The Morgan fingerprint density at radius 1 is 1.31 bits per heavy atom. The second-order valence-electron chi connectivity index (χ2n) is 7.76. The molecule has 6 nitrogen and oxygen atoms in total. The van der Waals surface area contributed by atoms with E-state index in [4.69, 9.17) is 4.74 Å². The van der Waals surface area contributed by atoms with Crippen molar-refractivity contribution in [3.8, 4) is 0 Å². The molecular weight excluding hydrogens is 344 g/mol. The number of carbonyl (C=O) groups excluding carboxylic acids is 1. The van der Waals surface area contributed by atoms with Crippen LogP contribution in [0.15, 0.2) is 12.3 Å². The minimum absolute atomic E-state index is 0.269. The predicted octanol–water partition coefficient (Wildman–Crippen LogP) is 1.30. The molecule has 1 N–H and O–H groups in total. The van der Waals surface area contributed by atoms with Crippen molar-refractivity contribution in [2.24, 2.45) is 5.41 Å². The third kappa shape index (κ3) is 3.72. The number of morpholine rings is 1. The topological polar surface area (TPSA) is 65.9 Å². The summed E-state index contributed by atoms with van der Waals surface area (Å²) in [6.45, 7) is 7.72. The molecule has 3 rings (SSSR count). The highest BCUT2D eigenvalue weighted by Crippen LogP contribution is 2.39. The van der Waals surface area contributed by atoms with Crippen LogP contribution in [0.3, 0.4) is 0 Å². The van der Waals surface area contributed by atoms with Crippen LogP contribution in [0.4, 0.5) is 8.78 Å². The third-order valence-electron chi connectivity index (χ3n) is 5.53. The Kier molecular flexibility index (Phi) is 5.28. The van der Waals surface area contributed by atoms with Crippen molar-refractivity contribution in [3.63, 3.8) is 0 Å². The van der Waals surface area contributed by atoms with Gasteiger partial charge in [0.15, 0.2) is 11.5 Å². The smallest absolute Gasteiger partial charge is 0.275 e. The Morgan fingerprint density at radius 3 is 2.62 bits per heavy atom. The molecule has 1 atom stereocenters. The molecule has 2 saturated heterocycles. The lowest BCUT2D eigenvalue weighted by atomic mass is 9.69.